The highest BCUT2D eigenvalue weighted by Crippen LogP contribution is 2.30. The molecule has 0 amide bonds. The zero-order valence-electron chi connectivity index (χ0n) is 17.2. The molecular formula is C20H23F3N6O2. The summed E-state index contributed by atoms with van der Waals surface area (Å²) in [7, 11) is 0. The fourth-order valence-electron chi connectivity index (χ4n) is 3.02. The third-order valence-electron chi connectivity index (χ3n) is 4.70. The lowest BCUT2D eigenvalue weighted by Crippen LogP contribution is -2.29. The molecule has 0 saturated heterocycles. The van der Waals surface area contributed by atoms with Gasteiger partial charge in [0.1, 0.15) is 6.04 Å². The fourth-order valence-corrected chi connectivity index (χ4v) is 3.02. The summed E-state index contributed by atoms with van der Waals surface area (Å²) < 4.78 is 40.7. The van der Waals surface area contributed by atoms with Crippen LogP contribution in [0.3, 0.4) is 0 Å². The number of halogens is 3. The van der Waals surface area contributed by atoms with E-state index in [0.29, 0.717) is 29.0 Å². The van der Waals surface area contributed by atoms with Gasteiger partial charge < -0.3 is 20.3 Å². The Morgan fingerprint density at radius 1 is 1.26 bits per heavy atom. The number of fused-ring (bicyclic) bond motifs is 1. The number of aliphatic carboxylic acids is 1. The largest absolute Gasteiger partial charge is 0.480 e. The molecule has 31 heavy (non-hydrogen) atoms. The third kappa shape index (κ3) is 5.04. The summed E-state index contributed by atoms with van der Waals surface area (Å²) in [6, 6.07) is 4.14. The quantitative estimate of drug-likeness (QED) is 0.483. The molecule has 11 heteroatoms. The second-order valence-electron chi connectivity index (χ2n) is 7.31. The van der Waals surface area contributed by atoms with E-state index >= 15 is 0 Å². The van der Waals surface area contributed by atoms with Gasteiger partial charge in [-0.15, -0.1) is 0 Å². The lowest BCUT2D eigenvalue weighted by Gasteiger charge is -2.15. The van der Waals surface area contributed by atoms with Crippen LogP contribution in [0.4, 0.5) is 24.9 Å². The van der Waals surface area contributed by atoms with Gasteiger partial charge in [-0.05, 0) is 38.0 Å². The predicted molar refractivity (Wildman–Crippen MR) is 110 cm³/mol. The van der Waals surface area contributed by atoms with Crippen LogP contribution in [0.15, 0.2) is 30.6 Å². The molecule has 0 saturated carbocycles. The number of carboxylic acid groups (broad SMARTS) is 1. The van der Waals surface area contributed by atoms with Crippen molar-refractivity contribution in [3.05, 3.63) is 41.7 Å². The molecule has 2 aromatic heterocycles. The molecule has 0 aliphatic carbocycles. The molecule has 0 aliphatic rings. The van der Waals surface area contributed by atoms with E-state index in [1.807, 2.05) is 13.8 Å². The number of hydrogen-bond donors (Lipinski definition) is 3. The van der Waals surface area contributed by atoms with Crippen molar-refractivity contribution < 1.29 is 23.1 Å². The Labute approximate surface area is 176 Å². The third-order valence-corrected chi connectivity index (χ3v) is 4.70. The van der Waals surface area contributed by atoms with Crippen LogP contribution < -0.4 is 10.6 Å². The van der Waals surface area contributed by atoms with Gasteiger partial charge in [-0.2, -0.15) is 23.1 Å². The van der Waals surface area contributed by atoms with Gasteiger partial charge in [-0.3, -0.25) is 0 Å². The number of imidazole rings is 1. The first kappa shape index (κ1) is 22.3. The van der Waals surface area contributed by atoms with Crippen LogP contribution in [0.25, 0.3) is 11.2 Å². The van der Waals surface area contributed by atoms with Crippen molar-refractivity contribution in [2.45, 2.75) is 52.0 Å². The normalized spacial score (nSPS) is 12.9. The molecule has 2 heterocycles. The molecule has 3 aromatic rings. The zero-order chi connectivity index (χ0) is 22.8. The molecule has 166 valence electrons. The van der Waals surface area contributed by atoms with E-state index in [2.05, 4.69) is 25.6 Å². The predicted octanol–water partition coefficient (Wildman–Crippen LogP) is 4.31. The first-order chi connectivity index (χ1) is 14.6. The van der Waals surface area contributed by atoms with Gasteiger partial charge in [0.25, 0.3) is 0 Å². The molecule has 1 aromatic carbocycles. The van der Waals surface area contributed by atoms with E-state index in [-0.39, 0.29) is 18.5 Å². The summed E-state index contributed by atoms with van der Waals surface area (Å²) in [6.45, 7) is 5.67. The summed E-state index contributed by atoms with van der Waals surface area (Å²) in [5, 5.41) is 15.1. The molecule has 0 fully saturated rings. The Morgan fingerprint density at radius 3 is 2.61 bits per heavy atom. The highest BCUT2D eigenvalue weighted by molar-refractivity contribution is 5.85. The summed E-state index contributed by atoms with van der Waals surface area (Å²) >= 11 is 0. The number of anilines is 2. The maximum atomic E-state index is 13.0. The Bertz CT molecular complexity index is 1080. The number of hydrogen-bond acceptors (Lipinski definition) is 6. The Hall–Kier alpha value is -3.37. The zero-order valence-corrected chi connectivity index (χ0v) is 17.2. The minimum Gasteiger partial charge on any atom is -0.480 e. The second-order valence-corrected chi connectivity index (χ2v) is 7.31. The maximum Gasteiger partial charge on any atom is 0.416 e. The van der Waals surface area contributed by atoms with Gasteiger partial charge in [0.2, 0.25) is 5.95 Å². The highest BCUT2D eigenvalue weighted by atomic mass is 19.4. The molecule has 3 rings (SSSR count). The van der Waals surface area contributed by atoms with E-state index in [4.69, 9.17) is 0 Å². The van der Waals surface area contributed by atoms with Crippen LogP contribution in [-0.4, -0.2) is 36.6 Å². The van der Waals surface area contributed by atoms with E-state index in [9.17, 15) is 23.1 Å². The van der Waals surface area contributed by atoms with Crippen molar-refractivity contribution in [2.24, 2.45) is 0 Å². The van der Waals surface area contributed by atoms with Crippen LogP contribution in [0.2, 0.25) is 0 Å². The van der Waals surface area contributed by atoms with Crippen molar-refractivity contribution in [2.75, 3.05) is 10.6 Å². The first-order valence-corrected chi connectivity index (χ1v) is 9.74. The molecular weight excluding hydrogens is 413 g/mol. The standard InChI is InChI=1S/C20H23F3N6O2/c1-4-14(18(30)31)26-19-27-16(15-17(28-19)29(10-25-15)11(2)3)24-9-12-6-5-7-13(8-12)20(21,22)23/h5-8,10-11,14H,4,9H2,1-3H3,(H,30,31)(H2,24,26,27,28)/t14-/m1/s1. The van der Waals surface area contributed by atoms with Crippen LogP contribution in [0.1, 0.15) is 44.4 Å². The monoisotopic (exact) mass is 436 g/mol. The molecule has 0 aliphatic heterocycles. The van der Waals surface area contributed by atoms with Crippen molar-refractivity contribution in [3.63, 3.8) is 0 Å². The number of nitrogens with zero attached hydrogens (tertiary/aromatic N) is 4. The van der Waals surface area contributed by atoms with E-state index in [1.54, 1.807) is 23.9 Å². The Kier molecular flexibility index (Phi) is 6.32. The Balaban J connectivity index is 1.96. The van der Waals surface area contributed by atoms with Crippen LogP contribution in [-0.2, 0) is 17.5 Å². The molecule has 3 N–H and O–H groups in total. The Morgan fingerprint density at radius 2 is 2.00 bits per heavy atom. The van der Waals surface area contributed by atoms with Gasteiger partial charge in [0, 0.05) is 12.6 Å². The average Bonchev–Trinajstić information content (AvgIpc) is 3.14. The average molecular weight is 436 g/mol. The van der Waals surface area contributed by atoms with Crippen molar-refractivity contribution >= 4 is 28.9 Å². The van der Waals surface area contributed by atoms with Crippen molar-refractivity contribution in [1.82, 2.24) is 19.5 Å². The molecule has 0 radical (unpaired) electrons. The minimum absolute atomic E-state index is 0.0329. The van der Waals surface area contributed by atoms with Gasteiger partial charge in [-0.1, -0.05) is 19.1 Å². The van der Waals surface area contributed by atoms with Gasteiger partial charge in [0.15, 0.2) is 17.0 Å². The van der Waals surface area contributed by atoms with Crippen LogP contribution >= 0.6 is 0 Å². The lowest BCUT2D eigenvalue weighted by atomic mass is 10.1. The number of rotatable bonds is 8. The smallest absolute Gasteiger partial charge is 0.416 e. The number of carboxylic acids is 1. The SMILES string of the molecule is CC[C@@H](Nc1nc(NCc2cccc(C(F)(F)F)c2)c2ncn(C(C)C)c2n1)C(=O)O. The first-order valence-electron chi connectivity index (χ1n) is 9.74. The molecule has 8 nitrogen and oxygen atoms in total. The fraction of sp³-hybridized carbons (Fsp3) is 0.400. The summed E-state index contributed by atoms with van der Waals surface area (Å²) in [4.78, 5) is 24.5. The molecule has 0 unspecified atom stereocenters. The van der Waals surface area contributed by atoms with E-state index in [1.165, 1.54) is 6.07 Å². The van der Waals surface area contributed by atoms with E-state index < -0.39 is 23.8 Å². The summed E-state index contributed by atoms with van der Waals surface area (Å²) in [5.74, 6) is -0.651. The minimum atomic E-state index is -4.43. The topological polar surface area (TPSA) is 105 Å². The summed E-state index contributed by atoms with van der Waals surface area (Å²) in [6.07, 6.45) is -2.53. The lowest BCUT2D eigenvalue weighted by molar-refractivity contribution is -0.138. The number of carbonyl (C=O) groups is 1. The van der Waals surface area contributed by atoms with Gasteiger partial charge in [-0.25, -0.2) is 9.78 Å². The van der Waals surface area contributed by atoms with Gasteiger partial charge in [0.05, 0.1) is 11.9 Å². The second kappa shape index (κ2) is 8.78. The molecule has 1 atom stereocenters. The van der Waals surface area contributed by atoms with Gasteiger partial charge >= 0.3 is 12.1 Å². The molecule has 0 spiro atoms. The van der Waals surface area contributed by atoms with Crippen molar-refractivity contribution in [3.8, 4) is 0 Å². The summed E-state index contributed by atoms with van der Waals surface area (Å²) in [5.41, 5.74) is 0.601. The van der Waals surface area contributed by atoms with E-state index in [0.717, 1.165) is 12.1 Å². The van der Waals surface area contributed by atoms with Crippen molar-refractivity contribution in [1.29, 1.82) is 0 Å². The maximum absolute atomic E-state index is 13.0. The van der Waals surface area contributed by atoms with Crippen LogP contribution in [0, 0.1) is 0 Å². The number of aromatic nitrogens is 4. The van der Waals surface area contributed by atoms with Crippen LogP contribution in [0.5, 0.6) is 0 Å². The number of nitrogens with one attached hydrogen (secondary N) is 2. The highest BCUT2D eigenvalue weighted by Gasteiger charge is 2.30. The number of benzene rings is 1. The molecule has 0 bridgehead atoms. The number of alkyl halides is 3.